The fraction of sp³-hybridized carbons (Fsp3) is 0.211. The van der Waals surface area contributed by atoms with Crippen molar-refractivity contribution in [2.24, 2.45) is 0 Å². The molecule has 0 unspecified atom stereocenters. The number of halogens is 1. The molecule has 0 aliphatic heterocycles. The number of nitrogens with zero attached hydrogens (tertiary/aromatic N) is 1. The van der Waals surface area contributed by atoms with Crippen molar-refractivity contribution in [3.8, 4) is 5.75 Å². The molecule has 1 amide bonds. The van der Waals surface area contributed by atoms with Gasteiger partial charge in [0, 0.05) is 30.2 Å². The van der Waals surface area contributed by atoms with E-state index in [-0.39, 0.29) is 16.4 Å². The van der Waals surface area contributed by atoms with Crippen LogP contribution < -0.4 is 10.1 Å². The highest BCUT2D eigenvalue weighted by molar-refractivity contribution is 7.89. The fourth-order valence-corrected chi connectivity index (χ4v) is 3.81. The number of carbonyl (C=O) groups excluding carboxylic acids is 1. The molecule has 0 saturated heterocycles. The van der Waals surface area contributed by atoms with Crippen LogP contribution in [0, 0.1) is 0 Å². The van der Waals surface area contributed by atoms with E-state index < -0.39 is 15.9 Å². The maximum absolute atomic E-state index is 12.6. The second kappa shape index (κ2) is 7.83. The molecule has 2 aromatic carbocycles. The molecule has 0 aliphatic carbocycles. The first-order valence-corrected chi connectivity index (χ1v) is 10.2. The first kappa shape index (κ1) is 20.2. The summed E-state index contributed by atoms with van der Waals surface area (Å²) in [5.74, 6) is -0.208. The minimum atomic E-state index is -3.76. The van der Waals surface area contributed by atoms with Crippen LogP contribution in [0.25, 0.3) is 11.0 Å². The third kappa shape index (κ3) is 3.99. The zero-order valence-corrected chi connectivity index (χ0v) is 17.1. The molecule has 0 radical (unpaired) electrons. The van der Waals surface area contributed by atoms with Gasteiger partial charge in [0.05, 0.1) is 6.61 Å². The summed E-state index contributed by atoms with van der Waals surface area (Å²) in [5, 5.41) is 3.88. The van der Waals surface area contributed by atoms with Gasteiger partial charge in [-0.1, -0.05) is 11.6 Å². The lowest BCUT2D eigenvalue weighted by molar-refractivity contribution is 0.0998. The van der Waals surface area contributed by atoms with Gasteiger partial charge in [0.2, 0.25) is 10.0 Å². The van der Waals surface area contributed by atoms with Gasteiger partial charge >= 0.3 is 0 Å². The van der Waals surface area contributed by atoms with Crippen LogP contribution in [0.1, 0.15) is 17.5 Å². The van der Waals surface area contributed by atoms with Crippen molar-refractivity contribution in [3.63, 3.8) is 0 Å². The average molecular weight is 423 g/mol. The standard InChI is InChI=1S/C19H19ClN2O5S/c1-4-26-16-8-6-14(11-18(16)28(24,25)22(2)3)21-19(23)17-10-12-9-13(20)5-7-15(12)27-17/h5-11H,4H2,1-3H3,(H,21,23). The molecular formula is C19H19ClN2O5S. The molecule has 0 fully saturated rings. The maximum atomic E-state index is 12.6. The first-order chi connectivity index (χ1) is 13.2. The van der Waals surface area contributed by atoms with E-state index in [1.165, 1.54) is 26.2 Å². The number of carbonyl (C=O) groups is 1. The van der Waals surface area contributed by atoms with Gasteiger partial charge in [0.1, 0.15) is 16.2 Å². The molecule has 3 aromatic rings. The minimum Gasteiger partial charge on any atom is -0.492 e. The van der Waals surface area contributed by atoms with Crippen LogP contribution in [0.3, 0.4) is 0 Å². The molecule has 7 nitrogen and oxygen atoms in total. The van der Waals surface area contributed by atoms with Crippen molar-refractivity contribution in [1.29, 1.82) is 0 Å². The Kier molecular flexibility index (Phi) is 5.64. The van der Waals surface area contributed by atoms with E-state index in [0.29, 0.717) is 28.3 Å². The predicted octanol–water partition coefficient (Wildman–Crippen LogP) is 3.99. The molecule has 0 spiro atoms. The lowest BCUT2D eigenvalue weighted by atomic mass is 10.2. The third-order valence-corrected chi connectivity index (χ3v) is 6.03. The molecular weight excluding hydrogens is 404 g/mol. The Balaban J connectivity index is 1.93. The van der Waals surface area contributed by atoms with Crippen molar-refractivity contribution in [1.82, 2.24) is 4.31 Å². The Morgan fingerprint density at radius 3 is 2.61 bits per heavy atom. The van der Waals surface area contributed by atoms with E-state index in [1.807, 2.05) is 0 Å². The van der Waals surface area contributed by atoms with Gasteiger partial charge in [-0.3, -0.25) is 4.79 Å². The van der Waals surface area contributed by atoms with E-state index in [9.17, 15) is 13.2 Å². The van der Waals surface area contributed by atoms with Crippen LogP contribution in [-0.2, 0) is 10.0 Å². The summed E-state index contributed by atoms with van der Waals surface area (Å²) in [4.78, 5) is 12.5. The number of rotatable bonds is 6. The van der Waals surface area contributed by atoms with E-state index in [1.54, 1.807) is 37.3 Å². The lowest BCUT2D eigenvalue weighted by Crippen LogP contribution is -2.23. The molecule has 9 heteroatoms. The van der Waals surface area contributed by atoms with E-state index >= 15 is 0 Å². The summed E-state index contributed by atoms with van der Waals surface area (Å²) < 4.78 is 37.2. The molecule has 1 N–H and O–H groups in total. The number of furan rings is 1. The van der Waals surface area contributed by atoms with Crippen LogP contribution in [0.5, 0.6) is 5.75 Å². The molecule has 148 valence electrons. The Bertz CT molecular complexity index is 1140. The molecule has 0 bridgehead atoms. The van der Waals surface area contributed by atoms with Crippen molar-refractivity contribution in [2.75, 3.05) is 26.0 Å². The third-order valence-electron chi connectivity index (χ3n) is 3.96. The van der Waals surface area contributed by atoms with E-state index in [4.69, 9.17) is 20.8 Å². The largest absolute Gasteiger partial charge is 0.492 e. The molecule has 28 heavy (non-hydrogen) atoms. The molecule has 3 rings (SSSR count). The second-order valence-corrected chi connectivity index (χ2v) is 8.69. The van der Waals surface area contributed by atoms with E-state index in [0.717, 1.165) is 4.31 Å². The van der Waals surface area contributed by atoms with Crippen molar-refractivity contribution in [3.05, 3.63) is 53.2 Å². The van der Waals surface area contributed by atoms with Crippen LogP contribution in [0.2, 0.25) is 5.02 Å². The minimum absolute atomic E-state index is 0.0338. The number of nitrogens with one attached hydrogen (secondary N) is 1. The number of amides is 1. The fourth-order valence-electron chi connectivity index (χ4n) is 2.58. The van der Waals surface area contributed by atoms with Crippen molar-refractivity contribution in [2.45, 2.75) is 11.8 Å². The predicted molar refractivity (Wildman–Crippen MR) is 108 cm³/mol. The number of ether oxygens (including phenoxy) is 1. The van der Waals surface area contributed by atoms with Crippen LogP contribution in [-0.4, -0.2) is 39.3 Å². The van der Waals surface area contributed by atoms with Gasteiger partial charge in [-0.25, -0.2) is 12.7 Å². The van der Waals surface area contributed by atoms with Gasteiger partial charge in [0.25, 0.3) is 5.91 Å². The first-order valence-electron chi connectivity index (χ1n) is 8.42. The van der Waals surface area contributed by atoms with Gasteiger partial charge in [-0.15, -0.1) is 0 Å². The molecule has 1 aromatic heterocycles. The van der Waals surface area contributed by atoms with Crippen LogP contribution in [0.4, 0.5) is 5.69 Å². The van der Waals surface area contributed by atoms with Gasteiger partial charge in [-0.05, 0) is 49.4 Å². The normalized spacial score (nSPS) is 11.8. The summed E-state index contributed by atoms with van der Waals surface area (Å²) in [6, 6.07) is 11.0. The quantitative estimate of drug-likeness (QED) is 0.648. The molecule has 0 saturated carbocycles. The number of sulfonamides is 1. The zero-order chi connectivity index (χ0) is 20.5. The summed E-state index contributed by atoms with van der Waals surface area (Å²) in [6.07, 6.45) is 0. The van der Waals surface area contributed by atoms with Crippen LogP contribution >= 0.6 is 11.6 Å². The Hall–Kier alpha value is -2.55. The second-order valence-electron chi connectivity index (χ2n) is 6.13. The van der Waals surface area contributed by atoms with Gasteiger partial charge in [0.15, 0.2) is 5.76 Å². The van der Waals surface area contributed by atoms with Crippen LogP contribution in [0.15, 0.2) is 51.8 Å². The summed E-state index contributed by atoms with van der Waals surface area (Å²) in [7, 11) is -0.906. The van der Waals surface area contributed by atoms with Gasteiger partial charge in [-0.2, -0.15) is 0 Å². The highest BCUT2D eigenvalue weighted by Crippen LogP contribution is 2.30. The van der Waals surface area contributed by atoms with Crippen molar-refractivity contribution >= 4 is 44.2 Å². The number of anilines is 1. The molecule has 0 atom stereocenters. The molecule has 0 aliphatic rings. The summed E-state index contributed by atoms with van der Waals surface area (Å²) >= 11 is 5.95. The molecule has 1 heterocycles. The van der Waals surface area contributed by atoms with Crippen molar-refractivity contribution < 1.29 is 22.4 Å². The van der Waals surface area contributed by atoms with E-state index in [2.05, 4.69) is 5.32 Å². The Morgan fingerprint density at radius 2 is 1.93 bits per heavy atom. The monoisotopic (exact) mass is 422 g/mol. The number of hydrogen-bond donors (Lipinski definition) is 1. The highest BCUT2D eigenvalue weighted by Gasteiger charge is 2.23. The summed E-state index contributed by atoms with van der Waals surface area (Å²) in [5.41, 5.74) is 0.824. The smallest absolute Gasteiger partial charge is 0.291 e. The number of benzene rings is 2. The van der Waals surface area contributed by atoms with Gasteiger partial charge < -0.3 is 14.5 Å². The summed E-state index contributed by atoms with van der Waals surface area (Å²) in [6.45, 7) is 2.07. The lowest BCUT2D eigenvalue weighted by Gasteiger charge is -2.16. The number of fused-ring (bicyclic) bond motifs is 1. The highest BCUT2D eigenvalue weighted by atomic mass is 35.5. The number of hydrogen-bond acceptors (Lipinski definition) is 5. The zero-order valence-electron chi connectivity index (χ0n) is 15.5. The maximum Gasteiger partial charge on any atom is 0.291 e. The Labute approximate surface area is 167 Å². The average Bonchev–Trinajstić information content (AvgIpc) is 3.06. The SMILES string of the molecule is CCOc1ccc(NC(=O)c2cc3cc(Cl)ccc3o2)cc1S(=O)(=O)N(C)C. The Morgan fingerprint density at radius 1 is 1.18 bits per heavy atom. The topological polar surface area (TPSA) is 88.8 Å².